The third kappa shape index (κ3) is 3.21. The molecule has 3 aromatic rings. The first kappa shape index (κ1) is 16.6. The average Bonchev–Trinajstić information content (AvgIpc) is 2.96. The highest BCUT2D eigenvalue weighted by Crippen LogP contribution is 2.39. The van der Waals surface area contributed by atoms with Crippen molar-refractivity contribution in [1.82, 2.24) is 4.57 Å². The van der Waals surface area contributed by atoms with Gasteiger partial charge in [0, 0.05) is 23.6 Å². The van der Waals surface area contributed by atoms with Gasteiger partial charge in [-0.2, -0.15) is 13.2 Å². The fourth-order valence-electron chi connectivity index (χ4n) is 2.59. The summed E-state index contributed by atoms with van der Waals surface area (Å²) in [4.78, 5) is 10.9. The smallest absolute Gasteiger partial charge is 0.417 e. The molecule has 0 radical (unpaired) electrons. The maximum Gasteiger partial charge on any atom is 0.417 e. The second-order valence-electron chi connectivity index (χ2n) is 5.43. The molecule has 0 spiro atoms. The average molecular weight is 346 g/mol. The van der Waals surface area contributed by atoms with Gasteiger partial charge in [0.1, 0.15) is 0 Å². The van der Waals surface area contributed by atoms with E-state index in [1.165, 1.54) is 42.7 Å². The van der Waals surface area contributed by atoms with Gasteiger partial charge in [-0.3, -0.25) is 0 Å². The van der Waals surface area contributed by atoms with Crippen LogP contribution in [0, 0.1) is 0 Å². The molecule has 1 aromatic heterocycles. The minimum atomic E-state index is -4.49. The van der Waals surface area contributed by atoms with Crippen molar-refractivity contribution in [2.75, 3.05) is 5.73 Å². The van der Waals surface area contributed by atoms with Crippen LogP contribution in [0.3, 0.4) is 0 Å². The van der Waals surface area contributed by atoms with Gasteiger partial charge in [0.25, 0.3) is 0 Å². The van der Waals surface area contributed by atoms with Gasteiger partial charge in [0.05, 0.1) is 16.8 Å². The molecule has 0 aliphatic heterocycles. The summed E-state index contributed by atoms with van der Waals surface area (Å²) in [5.41, 5.74) is 6.31. The lowest BCUT2D eigenvalue weighted by Gasteiger charge is -2.12. The van der Waals surface area contributed by atoms with E-state index < -0.39 is 17.7 Å². The molecule has 0 aliphatic rings. The molecule has 0 atom stereocenters. The van der Waals surface area contributed by atoms with Crippen LogP contribution >= 0.6 is 0 Å². The molecule has 0 saturated heterocycles. The van der Waals surface area contributed by atoms with E-state index in [9.17, 15) is 18.0 Å². The number of hydrogen-bond donors (Lipinski definition) is 2. The number of rotatable bonds is 3. The van der Waals surface area contributed by atoms with E-state index in [2.05, 4.69) is 0 Å². The first-order valence-corrected chi connectivity index (χ1v) is 7.25. The normalized spacial score (nSPS) is 11.5. The zero-order valence-electron chi connectivity index (χ0n) is 12.8. The maximum absolute atomic E-state index is 13.2. The maximum atomic E-state index is 13.2. The third-order valence-corrected chi connectivity index (χ3v) is 3.79. The summed E-state index contributed by atoms with van der Waals surface area (Å²) in [5.74, 6) is -1.06. The zero-order valence-corrected chi connectivity index (χ0v) is 12.8. The Bertz CT molecular complexity index is 928. The summed E-state index contributed by atoms with van der Waals surface area (Å²) in [6.45, 7) is 0. The number of hydrogen-bond acceptors (Lipinski definition) is 2. The fourth-order valence-corrected chi connectivity index (χ4v) is 2.59. The summed E-state index contributed by atoms with van der Waals surface area (Å²) >= 11 is 0. The van der Waals surface area contributed by atoms with Gasteiger partial charge in [-0.15, -0.1) is 0 Å². The van der Waals surface area contributed by atoms with Crippen molar-refractivity contribution in [1.29, 1.82) is 0 Å². The Labute approximate surface area is 140 Å². The first-order chi connectivity index (χ1) is 11.8. The molecule has 2 aromatic carbocycles. The minimum Gasteiger partial charge on any atom is -0.478 e. The van der Waals surface area contributed by atoms with Crippen molar-refractivity contribution in [2.45, 2.75) is 6.18 Å². The lowest BCUT2D eigenvalue weighted by Crippen LogP contribution is -2.07. The van der Waals surface area contributed by atoms with E-state index in [4.69, 9.17) is 10.8 Å². The van der Waals surface area contributed by atoms with E-state index in [0.29, 0.717) is 5.69 Å². The molecule has 0 bridgehead atoms. The molecule has 25 heavy (non-hydrogen) atoms. The Hall–Kier alpha value is -3.22. The van der Waals surface area contributed by atoms with Crippen molar-refractivity contribution >= 4 is 11.7 Å². The van der Waals surface area contributed by atoms with Crippen LogP contribution in [0.1, 0.15) is 15.9 Å². The molecule has 0 amide bonds. The van der Waals surface area contributed by atoms with Crippen LogP contribution in [0.25, 0.3) is 16.8 Å². The minimum absolute atomic E-state index is 0.00611. The molecular formula is C18H13F3N2O2. The number of carboxylic acids is 1. The number of benzene rings is 2. The van der Waals surface area contributed by atoms with E-state index in [1.807, 2.05) is 0 Å². The standard InChI is InChI=1S/C18H13F3N2O2/c19-18(20,21)15-4-2-1-3-13(15)14-9-23(10-16(14)22)12-7-5-11(6-8-12)17(24)25/h1-10H,22H2,(H,24,25). The number of alkyl halides is 3. The Morgan fingerprint density at radius 2 is 1.60 bits per heavy atom. The number of aromatic carboxylic acids is 1. The molecule has 128 valence electrons. The number of nitrogens with two attached hydrogens (primary N) is 1. The van der Waals surface area contributed by atoms with Crippen LogP contribution in [0.15, 0.2) is 60.9 Å². The number of halogens is 3. The Kier molecular flexibility index (Phi) is 4.00. The van der Waals surface area contributed by atoms with E-state index >= 15 is 0 Å². The predicted molar refractivity (Wildman–Crippen MR) is 87.6 cm³/mol. The first-order valence-electron chi connectivity index (χ1n) is 7.25. The molecule has 4 nitrogen and oxygen atoms in total. The number of carbonyl (C=O) groups is 1. The Morgan fingerprint density at radius 1 is 0.960 bits per heavy atom. The number of nitrogens with zero attached hydrogens (tertiary/aromatic N) is 1. The lowest BCUT2D eigenvalue weighted by molar-refractivity contribution is -0.137. The van der Waals surface area contributed by atoms with Gasteiger partial charge < -0.3 is 15.4 Å². The largest absolute Gasteiger partial charge is 0.478 e. The second-order valence-corrected chi connectivity index (χ2v) is 5.43. The molecule has 0 aliphatic carbocycles. The van der Waals surface area contributed by atoms with Crippen molar-refractivity contribution in [2.24, 2.45) is 0 Å². The molecule has 0 unspecified atom stereocenters. The lowest BCUT2D eigenvalue weighted by atomic mass is 10.0. The van der Waals surface area contributed by atoms with Crippen molar-refractivity contribution in [3.05, 3.63) is 72.1 Å². The topological polar surface area (TPSA) is 68.2 Å². The number of anilines is 1. The van der Waals surface area contributed by atoms with Crippen LogP contribution in [0.4, 0.5) is 18.9 Å². The molecular weight excluding hydrogens is 333 g/mol. The highest BCUT2D eigenvalue weighted by atomic mass is 19.4. The summed E-state index contributed by atoms with van der Waals surface area (Å²) in [6.07, 6.45) is -1.50. The highest BCUT2D eigenvalue weighted by molar-refractivity contribution is 5.87. The predicted octanol–water partition coefficient (Wildman–Crippen LogP) is 4.44. The highest BCUT2D eigenvalue weighted by Gasteiger charge is 2.33. The van der Waals surface area contributed by atoms with E-state index in [0.717, 1.165) is 6.07 Å². The second kappa shape index (κ2) is 6.01. The van der Waals surface area contributed by atoms with Crippen LogP contribution in [0.2, 0.25) is 0 Å². The molecule has 7 heteroatoms. The van der Waals surface area contributed by atoms with Gasteiger partial charge >= 0.3 is 12.1 Å². The van der Waals surface area contributed by atoms with Crippen molar-refractivity contribution < 1.29 is 23.1 Å². The van der Waals surface area contributed by atoms with Crippen LogP contribution in [0.5, 0.6) is 0 Å². The van der Waals surface area contributed by atoms with Crippen molar-refractivity contribution in [3.63, 3.8) is 0 Å². The molecule has 0 fully saturated rings. The quantitative estimate of drug-likeness (QED) is 0.736. The van der Waals surface area contributed by atoms with Gasteiger partial charge in [-0.05, 0) is 35.9 Å². The van der Waals surface area contributed by atoms with Gasteiger partial charge in [0.15, 0.2) is 0 Å². The number of nitrogen functional groups attached to an aromatic ring is 1. The summed E-state index contributed by atoms with van der Waals surface area (Å²) in [5, 5.41) is 8.92. The third-order valence-electron chi connectivity index (χ3n) is 3.79. The van der Waals surface area contributed by atoms with Crippen molar-refractivity contribution in [3.8, 4) is 16.8 Å². The SMILES string of the molecule is Nc1cn(-c2ccc(C(=O)O)cc2)cc1-c1ccccc1C(F)(F)F. The van der Waals surface area contributed by atoms with Gasteiger partial charge in [-0.1, -0.05) is 18.2 Å². The molecule has 1 heterocycles. The van der Waals surface area contributed by atoms with Gasteiger partial charge in [0.2, 0.25) is 0 Å². The van der Waals surface area contributed by atoms with E-state index in [-0.39, 0.29) is 22.4 Å². The number of aromatic nitrogens is 1. The summed E-state index contributed by atoms with van der Waals surface area (Å²) in [6, 6.07) is 11.2. The Morgan fingerprint density at radius 3 is 2.20 bits per heavy atom. The van der Waals surface area contributed by atoms with Crippen LogP contribution < -0.4 is 5.73 Å². The van der Waals surface area contributed by atoms with Gasteiger partial charge in [-0.25, -0.2) is 4.79 Å². The summed E-state index contributed by atoms with van der Waals surface area (Å²) in [7, 11) is 0. The molecule has 0 saturated carbocycles. The zero-order chi connectivity index (χ0) is 18.2. The van der Waals surface area contributed by atoms with Crippen LogP contribution in [-0.2, 0) is 6.18 Å². The molecule has 3 N–H and O–H groups in total. The monoisotopic (exact) mass is 346 g/mol. The summed E-state index contributed by atoms with van der Waals surface area (Å²) < 4.78 is 41.2. The van der Waals surface area contributed by atoms with Crippen LogP contribution in [-0.4, -0.2) is 15.6 Å². The number of carboxylic acid groups (broad SMARTS) is 1. The Balaban J connectivity index is 2.06. The van der Waals surface area contributed by atoms with E-state index in [1.54, 1.807) is 16.7 Å². The fraction of sp³-hybridized carbons (Fsp3) is 0.0556. The molecule has 3 rings (SSSR count).